The SMILES string of the molecule is Cc1c(-c2c(C(C#N)OC3CCCCO3)n(C)c(=O)c3c2ccn3Cc2ccccc2)ccc2c1CCCO2. The molecule has 0 spiro atoms. The molecule has 2 aromatic carbocycles. The largest absolute Gasteiger partial charge is 0.493 e. The molecule has 39 heavy (non-hydrogen) atoms. The minimum atomic E-state index is -0.964. The standard InChI is InChI=1S/C32H33N3O4/c1-21-23-11-8-18-37-26(23)14-13-24(21)29-25-15-16-35(20-22-9-4-3-5-10-22)30(25)32(36)34(2)31(29)27(19-33)39-28-12-6-7-17-38-28/h3-5,9-10,13-16,27-28H,6-8,11-12,17-18,20H2,1-2H3. The highest BCUT2D eigenvalue weighted by Gasteiger charge is 2.30. The van der Waals surface area contributed by atoms with Crippen molar-refractivity contribution in [2.45, 2.75) is 58.0 Å². The molecule has 6 rings (SSSR count). The van der Waals surface area contributed by atoms with Crippen molar-refractivity contribution in [1.82, 2.24) is 9.13 Å². The van der Waals surface area contributed by atoms with Gasteiger partial charge in [0.05, 0.1) is 12.3 Å². The lowest BCUT2D eigenvalue weighted by Gasteiger charge is -2.28. The van der Waals surface area contributed by atoms with Gasteiger partial charge in [-0.25, -0.2) is 0 Å². The molecule has 0 amide bonds. The van der Waals surface area contributed by atoms with Crippen molar-refractivity contribution in [2.75, 3.05) is 13.2 Å². The van der Waals surface area contributed by atoms with E-state index in [1.165, 1.54) is 5.56 Å². The van der Waals surface area contributed by atoms with Gasteiger partial charge in [-0.3, -0.25) is 4.79 Å². The molecule has 2 aliphatic rings. The predicted octanol–water partition coefficient (Wildman–Crippen LogP) is 5.80. The number of hydrogen-bond donors (Lipinski definition) is 0. The van der Waals surface area contributed by atoms with Gasteiger partial charge in [-0.2, -0.15) is 5.26 Å². The van der Waals surface area contributed by atoms with E-state index >= 15 is 0 Å². The average Bonchev–Trinajstić information content (AvgIpc) is 3.39. The number of rotatable bonds is 6. The molecule has 2 unspecified atom stereocenters. The van der Waals surface area contributed by atoms with Crippen molar-refractivity contribution in [1.29, 1.82) is 5.26 Å². The summed E-state index contributed by atoms with van der Waals surface area (Å²) in [4.78, 5) is 14.0. The van der Waals surface area contributed by atoms with Crippen molar-refractivity contribution in [3.05, 3.63) is 87.5 Å². The molecule has 0 saturated carbocycles. The molecule has 2 aliphatic heterocycles. The Morgan fingerprint density at radius 3 is 2.72 bits per heavy atom. The summed E-state index contributed by atoms with van der Waals surface area (Å²) in [5.74, 6) is 0.912. The molecule has 2 aromatic heterocycles. The molecule has 1 saturated heterocycles. The van der Waals surface area contributed by atoms with Crippen LogP contribution in [-0.4, -0.2) is 28.6 Å². The highest BCUT2D eigenvalue weighted by Crippen LogP contribution is 2.41. The molecule has 0 radical (unpaired) electrons. The van der Waals surface area contributed by atoms with Crippen LogP contribution in [0.2, 0.25) is 0 Å². The van der Waals surface area contributed by atoms with Crippen molar-refractivity contribution >= 4 is 10.9 Å². The van der Waals surface area contributed by atoms with Crippen LogP contribution in [0.25, 0.3) is 22.0 Å². The van der Waals surface area contributed by atoms with E-state index in [0.29, 0.717) is 24.4 Å². The normalized spacial score (nSPS) is 17.8. The second-order valence-corrected chi connectivity index (χ2v) is 10.4. The average molecular weight is 524 g/mol. The molecule has 7 nitrogen and oxygen atoms in total. The van der Waals surface area contributed by atoms with Crippen LogP contribution in [0.4, 0.5) is 0 Å². The van der Waals surface area contributed by atoms with E-state index in [4.69, 9.17) is 14.2 Å². The summed E-state index contributed by atoms with van der Waals surface area (Å²) in [6.45, 7) is 4.01. The lowest BCUT2D eigenvalue weighted by Crippen LogP contribution is -2.29. The Morgan fingerprint density at radius 1 is 1.10 bits per heavy atom. The smallest absolute Gasteiger partial charge is 0.275 e. The van der Waals surface area contributed by atoms with Crippen LogP contribution >= 0.6 is 0 Å². The van der Waals surface area contributed by atoms with Crippen molar-refractivity contribution in [3.8, 4) is 22.9 Å². The van der Waals surface area contributed by atoms with Gasteiger partial charge in [0.25, 0.3) is 5.56 Å². The van der Waals surface area contributed by atoms with Crippen molar-refractivity contribution in [2.24, 2.45) is 7.05 Å². The molecule has 7 heteroatoms. The molecule has 200 valence electrons. The van der Waals surface area contributed by atoms with E-state index in [1.54, 1.807) is 11.6 Å². The van der Waals surface area contributed by atoms with Gasteiger partial charge >= 0.3 is 0 Å². The molecule has 4 aromatic rings. The van der Waals surface area contributed by atoms with Crippen LogP contribution in [0.1, 0.15) is 54.2 Å². The first kappa shape index (κ1) is 25.4. The van der Waals surface area contributed by atoms with Crippen LogP contribution in [0, 0.1) is 18.3 Å². The molecule has 0 bridgehead atoms. The first-order valence-corrected chi connectivity index (χ1v) is 13.7. The van der Waals surface area contributed by atoms with Gasteiger partial charge in [0, 0.05) is 37.3 Å². The van der Waals surface area contributed by atoms with E-state index in [2.05, 4.69) is 31.2 Å². The van der Waals surface area contributed by atoms with Gasteiger partial charge in [-0.05, 0) is 73.4 Å². The van der Waals surface area contributed by atoms with E-state index < -0.39 is 12.4 Å². The summed E-state index contributed by atoms with van der Waals surface area (Å²) < 4.78 is 21.6. The highest BCUT2D eigenvalue weighted by atomic mass is 16.7. The lowest BCUT2D eigenvalue weighted by molar-refractivity contribution is -0.179. The number of nitriles is 1. The van der Waals surface area contributed by atoms with Crippen LogP contribution in [0.3, 0.4) is 0 Å². The fraction of sp³-hybridized carbons (Fsp3) is 0.375. The lowest BCUT2D eigenvalue weighted by atomic mass is 9.89. The molecule has 0 aliphatic carbocycles. The minimum Gasteiger partial charge on any atom is -0.493 e. The van der Waals surface area contributed by atoms with Gasteiger partial charge in [0.2, 0.25) is 0 Å². The summed E-state index contributed by atoms with van der Waals surface area (Å²) in [5, 5.41) is 11.2. The number of benzene rings is 2. The monoisotopic (exact) mass is 523 g/mol. The summed E-state index contributed by atoms with van der Waals surface area (Å²) in [6.07, 6.45) is 5.13. The van der Waals surface area contributed by atoms with E-state index in [9.17, 15) is 10.1 Å². The number of aromatic nitrogens is 2. The van der Waals surface area contributed by atoms with Gasteiger partial charge in [-0.15, -0.1) is 0 Å². The van der Waals surface area contributed by atoms with Crippen LogP contribution in [0.5, 0.6) is 5.75 Å². The molecular weight excluding hydrogens is 490 g/mol. The zero-order valence-corrected chi connectivity index (χ0v) is 22.5. The third-order valence-corrected chi connectivity index (χ3v) is 8.00. The fourth-order valence-corrected chi connectivity index (χ4v) is 5.99. The summed E-state index contributed by atoms with van der Waals surface area (Å²) in [7, 11) is 1.74. The van der Waals surface area contributed by atoms with Crippen LogP contribution in [0.15, 0.2) is 59.5 Å². The molecule has 4 heterocycles. The Bertz CT molecular complexity index is 1610. The number of ether oxygens (including phenoxy) is 3. The topological polar surface area (TPSA) is 78.4 Å². The van der Waals surface area contributed by atoms with Gasteiger partial charge in [0.15, 0.2) is 12.4 Å². The Balaban J connectivity index is 1.58. The molecular formula is C32H33N3O4. The Kier molecular flexibility index (Phi) is 6.99. The van der Waals surface area contributed by atoms with Gasteiger partial charge in [-0.1, -0.05) is 36.4 Å². The number of hydrogen-bond acceptors (Lipinski definition) is 5. The van der Waals surface area contributed by atoms with Crippen LogP contribution in [-0.2, 0) is 29.5 Å². The fourth-order valence-electron chi connectivity index (χ4n) is 5.99. The first-order valence-electron chi connectivity index (χ1n) is 13.7. The molecule has 2 atom stereocenters. The van der Waals surface area contributed by atoms with Gasteiger partial charge in [0.1, 0.15) is 17.3 Å². The number of fused-ring (bicyclic) bond motifs is 2. The van der Waals surface area contributed by atoms with Gasteiger partial charge < -0.3 is 23.3 Å². The predicted molar refractivity (Wildman–Crippen MR) is 150 cm³/mol. The Morgan fingerprint density at radius 2 is 1.95 bits per heavy atom. The van der Waals surface area contributed by atoms with E-state index in [-0.39, 0.29) is 5.56 Å². The maximum Gasteiger partial charge on any atom is 0.275 e. The zero-order valence-electron chi connectivity index (χ0n) is 22.5. The highest BCUT2D eigenvalue weighted by molar-refractivity contribution is 5.98. The molecule has 1 fully saturated rings. The third kappa shape index (κ3) is 4.64. The maximum atomic E-state index is 14.0. The van der Waals surface area contributed by atoms with Crippen molar-refractivity contribution < 1.29 is 14.2 Å². The van der Waals surface area contributed by atoms with Crippen LogP contribution < -0.4 is 10.3 Å². The van der Waals surface area contributed by atoms with E-state index in [1.807, 2.05) is 41.1 Å². The van der Waals surface area contributed by atoms with Crippen molar-refractivity contribution in [3.63, 3.8) is 0 Å². The second-order valence-electron chi connectivity index (χ2n) is 10.4. The number of pyridine rings is 1. The summed E-state index contributed by atoms with van der Waals surface area (Å²) >= 11 is 0. The first-order chi connectivity index (χ1) is 19.1. The zero-order chi connectivity index (χ0) is 26.9. The second kappa shape index (κ2) is 10.7. The Labute approximate surface area is 228 Å². The summed E-state index contributed by atoms with van der Waals surface area (Å²) in [5.41, 5.74) is 6.25. The number of nitrogens with zero attached hydrogens (tertiary/aromatic N) is 3. The minimum absolute atomic E-state index is 0.156. The Hall–Kier alpha value is -3.86. The molecule has 0 N–H and O–H groups in total. The summed E-state index contributed by atoms with van der Waals surface area (Å²) in [6, 6.07) is 18.5. The maximum absolute atomic E-state index is 14.0. The quantitative estimate of drug-likeness (QED) is 0.319. The third-order valence-electron chi connectivity index (χ3n) is 8.00. The van der Waals surface area contributed by atoms with E-state index in [0.717, 1.165) is 72.1 Å².